The summed E-state index contributed by atoms with van der Waals surface area (Å²) in [5.74, 6) is 0.146. The molecule has 0 aliphatic carbocycles. The molecule has 2 rings (SSSR count). The molecule has 1 amide bonds. The second-order valence-corrected chi connectivity index (χ2v) is 6.30. The highest BCUT2D eigenvalue weighted by Gasteiger charge is 2.24. The van der Waals surface area contributed by atoms with Crippen LogP contribution in [0.3, 0.4) is 0 Å². The summed E-state index contributed by atoms with van der Waals surface area (Å²) in [5.41, 5.74) is 0.812. The van der Waals surface area contributed by atoms with Crippen LogP contribution in [0.5, 0.6) is 0 Å². The number of likely N-dealkylation sites (N-methyl/N-ethyl adjacent to an activating group) is 1. The summed E-state index contributed by atoms with van der Waals surface area (Å²) in [6.07, 6.45) is 0.895. The second kappa shape index (κ2) is 8.19. The summed E-state index contributed by atoms with van der Waals surface area (Å²) in [7, 11) is 5.08. The molecular weight excluding hydrogens is 333 g/mol. The molecule has 0 bridgehead atoms. The van der Waals surface area contributed by atoms with Crippen LogP contribution in [0.1, 0.15) is 6.42 Å². The smallest absolute Gasteiger partial charge is 0.241 e. The van der Waals surface area contributed by atoms with Crippen LogP contribution in [-0.2, 0) is 4.79 Å². The first-order valence-electron chi connectivity index (χ1n) is 7.78. The van der Waals surface area contributed by atoms with Gasteiger partial charge in [0.25, 0.3) is 0 Å². The Labute approximate surface area is 146 Å². The third-order valence-corrected chi connectivity index (χ3v) is 4.23. The number of nitrogens with one attached hydrogen (secondary N) is 2. The maximum Gasteiger partial charge on any atom is 0.241 e. The summed E-state index contributed by atoms with van der Waals surface area (Å²) < 4.78 is 13.6. The minimum atomic E-state index is -0.412. The van der Waals surface area contributed by atoms with Gasteiger partial charge in [0.1, 0.15) is 5.82 Å². The molecule has 1 aliphatic heterocycles. The van der Waals surface area contributed by atoms with Crippen LogP contribution in [0, 0.1) is 5.82 Å². The lowest BCUT2D eigenvalue weighted by Crippen LogP contribution is -2.47. The van der Waals surface area contributed by atoms with Gasteiger partial charge in [-0.25, -0.2) is 4.39 Å². The van der Waals surface area contributed by atoms with Gasteiger partial charge in [0.2, 0.25) is 5.91 Å². The number of rotatable bonds is 4. The van der Waals surface area contributed by atoms with Gasteiger partial charge in [-0.2, -0.15) is 0 Å². The quantitative estimate of drug-likeness (QED) is 0.631. The van der Waals surface area contributed by atoms with Crippen molar-refractivity contribution in [2.45, 2.75) is 12.5 Å². The average Bonchev–Trinajstić information content (AvgIpc) is 3.02. The number of hydrogen-bond donors (Lipinski definition) is 2. The van der Waals surface area contributed by atoms with E-state index in [9.17, 15) is 9.18 Å². The number of benzene rings is 1. The topological polar surface area (TPSA) is 60.0 Å². The zero-order valence-corrected chi connectivity index (χ0v) is 14.9. The predicted molar refractivity (Wildman–Crippen MR) is 95.2 cm³/mol. The Kier molecular flexibility index (Phi) is 6.25. The average molecular weight is 356 g/mol. The lowest BCUT2D eigenvalue weighted by atomic mass is 10.2. The van der Waals surface area contributed by atoms with Gasteiger partial charge in [0, 0.05) is 46.0 Å². The van der Waals surface area contributed by atoms with Gasteiger partial charge in [-0.15, -0.1) is 0 Å². The van der Waals surface area contributed by atoms with Crippen LogP contribution in [0.2, 0.25) is 5.02 Å². The van der Waals surface area contributed by atoms with E-state index in [4.69, 9.17) is 11.6 Å². The van der Waals surface area contributed by atoms with Crippen molar-refractivity contribution in [3.05, 3.63) is 29.0 Å². The Morgan fingerprint density at radius 1 is 1.50 bits per heavy atom. The van der Waals surface area contributed by atoms with Crippen LogP contribution < -0.4 is 15.5 Å². The van der Waals surface area contributed by atoms with E-state index in [1.807, 2.05) is 6.07 Å². The maximum absolute atomic E-state index is 13.6. The number of amides is 1. The van der Waals surface area contributed by atoms with Crippen molar-refractivity contribution in [2.24, 2.45) is 4.99 Å². The van der Waals surface area contributed by atoms with Crippen LogP contribution in [0.15, 0.2) is 23.2 Å². The molecule has 24 heavy (non-hydrogen) atoms. The zero-order valence-electron chi connectivity index (χ0n) is 14.1. The van der Waals surface area contributed by atoms with E-state index in [-0.39, 0.29) is 23.5 Å². The molecule has 2 N–H and O–H groups in total. The van der Waals surface area contributed by atoms with Gasteiger partial charge in [0.05, 0.1) is 11.6 Å². The first-order valence-corrected chi connectivity index (χ1v) is 8.16. The molecule has 6 nitrogen and oxygen atoms in total. The highest BCUT2D eigenvalue weighted by molar-refractivity contribution is 6.30. The molecule has 0 saturated carbocycles. The fourth-order valence-corrected chi connectivity index (χ4v) is 2.62. The van der Waals surface area contributed by atoms with Crippen molar-refractivity contribution in [1.29, 1.82) is 0 Å². The van der Waals surface area contributed by atoms with E-state index >= 15 is 0 Å². The standard InChI is InChI=1S/C16H23ClFN5O/c1-19-16(20-9-15(24)22(2)3)21-11-6-7-23(10-11)12-4-5-13(17)14(18)8-12/h4-5,8,11H,6-7,9-10H2,1-3H3,(H2,19,20,21). The molecule has 1 atom stereocenters. The highest BCUT2D eigenvalue weighted by atomic mass is 35.5. The molecule has 0 spiro atoms. The van der Waals surface area contributed by atoms with Gasteiger partial charge >= 0.3 is 0 Å². The number of aliphatic imine (C=N–C) groups is 1. The molecule has 1 unspecified atom stereocenters. The molecule has 0 aromatic heterocycles. The molecule has 1 aromatic carbocycles. The maximum atomic E-state index is 13.6. The van der Waals surface area contributed by atoms with Crippen LogP contribution >= 0.6 is 11.6 Å². The third-order valence-electron chi connectivity index (χ3n) is 3.93. The summed E-state index contributed by atoms with van der Waals surface area (Å²) in [5, 5.41) is 6.42. The number of guanidine groups is 1. The van der Waals surface area contributed by atoms with Crippen molar-refractivity contribution in [1.82, 2.24) is 15.5 Å². The molecule has 8 heteroatoms. The molecule has 1 aliphatic rings. The fourth-order valence-electron chi connectivity index (χ4n) is 2.50. The number of carbonyl (C=O) groups is 1. The SMILES string of the molecule is CN=C(NCC(=O)N(C)C)NC1CCN(c2ccc(Cl)c(F)c2)C1. The lowest BCUT2D eigenvalue weighted by Gasteiger charge is -2.21. The Morgan fingerprint density at radius 2 is 2.25 bits per heavy atom. The van der Waals surface area contributed by atoms with Crippen molar-refractivity contribution < 1.29 is 9.18 Å². The number of carbonyl (C=O) groups excluding carboxylic acids is 1. The zero-order chi connectivity index (χ0) is 17.7. The summed E-state index contributed by atoms with van der Waals surface area (Å²) in [4.78, 5) is 19.4. The van der Waals surface area contributed by atoms with Crippen LogP contribution in [-0.4, -0.2) is 63.6 Å². The predicted octanol–water partition coefficient (Wildman–Crippen LogP) is 1.31. The van der Waals surface area contributed by atoms with Crippen molar-refractivity contribution >= 4 is 29.2 Å². The van der Waals surface area contributed by atoms with Gasteiger partial charge in [0.15, 0.2) is 5.96 Å². The Bertz CT molecular complexity index is 622. The van der Waals surface area contributed by atoms with Crippen molar-refractivity contribution in [3.8, 4) is 0 Å². The number of nitrogens with zero attached hydrogens (tertiary/aromatic N) is 3. The summed E-state index contributed by atoms with van der Waals surface area (Å²) in [6, 6.07) is 5.01. The Balaban J connectivity index is 1.88. The molecule has 1 fully saturated rings. The van der Waals surface area contributed by atoms with Gasteiger partial charge in [-0.3, -0.25) is 9.79 Å². The number of hydrogen-bond acceptors (Lipinski definition) is 3. The normalized spacial score (nSPS) is 17.8. The molecule has 132 valence electrons. The Hall–Kier alpha value is -2.02. The van der Waals surface area contributed by atoms with Gasteiger partial charge in [-0.05, 0) is 24.6 Å². The van der Waals surface area contributed by atoms with Crippen molar-refractivity contribution in [3.63, 3.8) is 0 Å². The summed E-state index contributed by atoms with van der Waals surface area (Å²) in [6.45, 7) is 1.72. The van der Waals surface area contributed by atoms with E-state index in [0.29, 0.717) is 5.96 Å². The largest absolute Gasteiger partial charge is 0.369 e. The molecule has 0 radical (unpaired) electrons. The first-order chi connectivity index (χ1) is 11.4. The van der Waals surface area contributed by atoms with Crippen LogP contribution in [0.4, 0.5) is 10.1 Å². The Morgan fingerprint density at radius 3 is 2.88 bits per heavy atom. The minimum absolute atomic E-state index is 0.0253. The number of anilines is 1. The molecule has 1 heterocycles. The lowest BCUT2D eigenvalue weighted by molar-refractivity contribution is -0.127. The van der Waals surface area contributed by atoms with E-state index in [0.717, 1.165) is 25.2 Å². The van der Waals surface area contributed by atoms with E-state index in [1.54, 1.807) is 27.2 Å². The van der Waals surface area contributed by atoms with Crippen molar-refractivity contribution in [2.75, 3.05) is 45.7 Å². The highest BCUT2D eigenvalue weighted by Crippen LogP contribution is 2.24. The van der Waals surface area contributed by atoms with Gasteiger partial charge < -0.3 is 20.4 Å². The van der Waals surface area contributed by atoms with E-state index < -0.39 is 5.82 Å². The fraction of sp³-hybridized carbons (Fsp3) is 0.500. The van der Waals surface area contributed by atoms with E-state index in [2.05, 4.69) is 20.5 Å². The molecule has 1 saturated heterocycles. The van der Waals surface area contributed by atoms with E-state index in [1.165, 1.54) is 11.0 Å². The third kappa shape index (κ3) is 4.74. The first kappa shape index (κ1) is 18.3. The number of halogens is 2. The minimum Gasteiger partial charge on any atom is -0.369 e. The molecule has 1 aromatic rings. The molecular formula is C16H23ClFN5O. The van der Waals surface area contributed by atoms with Gasteiger partial charge in [-0.1, -0.05) is 11.6 Å². The monoisotopic (exact) mass is 355 g/mol. The second-order valence-electron chi connectivity index (χ2n) is 5.89. The summed E-state index contributed by atoms with van der Waals surface area (Å²) >= 11 is 5.73. The van der Waals surface area contributed by atoms with Crippen LogP contribution in [0.25, 0.3) is 0 Å².